The molecule has 2 aromatic heterocycles. The molecule has 0 spiro atoms. The fraction of sp³-hybridized carbons (Fsp3) is 0.333. The molecule has 0 radical (unpaired) electrons. The summed E-state index contributed by atoms with van der Waals surface area (Å²) in [4.78, 5) is 44.5. The molecule has 2 amide bonds. The van der Waals surface area contributed by atoms with Gasteiger partial charge in [0.1, 0.15) is 0 Å². The maximum Gasteiger partial charge on any atom is 0.253 e. The van der Waals surface area contributed by atoms with E-state index in [0.717, 1.165) is 61.2 Å². The van der Waals surface area contributed by atoms with Crippen molar-refractivity contribution in [2.45, 2.75) is 18.9 Å². The molecule has 2 aromatic carbocycles. The Labute approximate surface area is 266 Å². The number of benzene rings is 2. The third-order valence-corrected chi connectivity index (χ3v) is 8.80. The summed E-state index contributed by atoms with van der Waals surface area (Å²) in [7, 11) is 0. The Kier molecular flexibility index (Phi) is 9.29. The lowest BCUT2D eigenvalue weighted by atomic mass is 10.0. The fourth-order valence-corrected chi connectivity index (χ4v) is 6.25. The van der Waals surface area contributed by atoms with Gasteiger partial charge in [-0.3, -0.25) is 14.5 Å². The van der Waals surface area contributed by atoms with Crippen molar-refractivity contribution >= 4 is 51.6 Å². The van der Waals surface area contributed by atoms with Gasteiger partial charge in [-0.15, -0.1) is 0 Å². The molecule has 4 N–H and O–H groups in total. The number of aromatic nitrogens is 3. The van der Waals surface area contributed by atoms with Crippen LogP contribution in [0.3, 0.4) is 0 Å². The molecule has 4 heterocycles. The first-order valence-corrected chi connectivity index (χ1v) is 15.6. The summed E-state index contributed by atoms with van der Waals surface area (Å²) in [5.41, 5.74) is 4.63. The van der Waals surface area contributed by atoms with Crippen molar-refractivity contribution in [1.82, 2.24) is 24.8 Å². The van der Waals surface area contributed by atoms with Crippen LogP contribution in [0.25, 0.3) is 22.2 Å². The summed E-state index contributed by atoms with van der Waals surface area (Å²) in [6.45, 7) is 8.51. The van der Waals surface area contributed by atoms with E-state index in [2.05, 4.69) is 37.0 Å². The maximum atomic E-state index is 13.7. The van der Waals surface area contributed by atoms with Crippen LogP contribution in [0, 0.1) is 0 Å². The van der Waals surface area contributed by atoms with Crippen LogP contribution in [0.1, 0.15) is 23.2 Å². The zero-order chi connectivity index (χ0) is 31.3. The minimum Gasteiger partial charge on any atom is -0.395 e. The van der Waals surface area contributed by atoms with Crippen LogP contribution >= 0.6 is 11.6 Å². The molecular formula is C33H37ClN8O3. The Morgan fingerprint density at radius 2 is 1.87 bits per heavy atom. The number of aromatic amines is 1. The molecule has 2 fully saturated rings. The third kappa shape index (κ3) is 6.80. The second kappa shape index (κ2) is 13.7. The second-order valence-electron chi connectivity index (χ2n) is 11.3. The van der Waals surface area contributed by atoms with E-state index >= 15 is 0 Å². The van der Waals surface area contributed by atoms with Crippen molar-refractivity contribution in [2.24, 2.45) is 0 Å². The number of hydrogen-bond donors (Lipinski definition) is 4. The van der Waals surface area contributed by atoms with Gasteiger partial charge in [0.25, 0.3) is 5.91 Å². The molecule has 0 bridgehead atoms. The monoisotopic (exact) mass is 628 g/mol. The lowest BCUT2D eigenvalue weighted by Gasteiger charge is -2.37. The number of rotatable bonds is 9. The van der Waals surface area contributed by atoms with Gasteiger partial charge >= 0.3 is 0 Å². The number of hydrogen-bond acceptors (Lipinski definition) is 8. The maximum absolute atomic E-state index is 13.7. The molecule has 2 saturated heterocycles. The van der Waals surface area contributed by atoms with Crippen LogP contribution in [0.5, 0.6) is 0 Å². The van der Waals surface area contributed by atoms with Crippen LogP contribution in [0.4, 0.5) is 17.3 Å². The smallest absolute Gasteiger partial charge is 0.253 e. The summed E-state index contributed by atoms with van der Waals surface area (Å²) in [5.74, 6) is 0.159. The summed E-state index contributed by atoms with van der Waals surface area (Å²) < 4.78 is 0. The number of H-pyrrole nitrogens is 1. The van der Waals surface area contributed by atoms with E-state index in [4.69, 9.17) is 16.6 Å². The van der Waals surface area contributed by atoms with Gasteiger partial charge < -0.3 is 30.5 Å². The number of anilines is 3. The molecule has 4 aromatic rings. The molecule has 45 heavy (non-hydrogen) atoms. The number of carbonyl (C=O) groups excluding carboxylic acids is 2. The number of fused-ring (bicyclic) bond motifs is 1. The first kappa shape index (κ1) is 30.6. The molecule has 0 atom stereocenters. The van der Waals surface area contributed by atoms with Crippen molar-refractivity contribution in [3.05, 3.63) is 78.1 Å². The van der Waals surface area contributed by atoms with E-state index in [1.54, 1.807) is 18.3 Å². The molecule has 0 saturated carbocycles. The lowest BCUT2D eigenvalue weighted by Crippen LogP contribution is -2.47. The Hall–Kier alpha value is -4.45. The van der Waals surface area contributed by atoms with Gasteiger partial charge in [-0.25, -0.2) is 9.97 Å². The van der Waals surface area contributed by atoms with Crippen LogP contribution in [-0.4, -0.2) is 100 Å². The number of para-hydroxylation sites is 1. The SMILES string of the molecule is C=CC(=O)Nc1ccc(C(=O)N2CCC(Nc3ncc(Cl)c(-c4c[nH]c5ccccc45)n3)CC2)cc1N1CCN(CCO)CC1. The highest BCUT2D eigenvalue weighted by Gasteiger charge is 2.27. The van der Waals surface area contributed by atoms with E-state index in [-0.39, 0.29) is 24.5 Å². The van der Waals surface area contributed by atoms with E-state index in [9.17, 15) is 14.7 Å². The van der Waals surface area contributed by atoms with E-state index in [0.29, 0.717) is 47.6 Å². The number of nitrogens with one attached hydrogen (secondary N) is 3. The van der Waals surface area contributed by atoms with Gasteiger partial charge in [0.2, 0.25) is 11.9 Å². The highest BCUT2D eigenvalue weighted by Crippen LogP contribution is 2.33. The van der Waals surface area contributed by atoms with E-state index < -0.39 is 0 Å². The summed E-state index contributed by atoms with van der Waals surface area (Å²) in [6, 6.07) is 13.6. The standard InChI is InChI=1S/C33H37ClN8O3/c1-2-30(44)38-28-8-7-22(19-29(28)41-15-13-40(14-16-41)17-18-43)32(45)42-11-9-23(10-12-42)37-33-36-21-26(34)31(39-33)25-20-35-27-6-4-3-5-24(25)27/h2-8,19-21,23,35,43H,1,9-18H2,(H,38,44)(H,36,37,39). The van der Waals surface area contributed by atoms with Crippen LogP contribution in [0.2, 0.25) is 5.02 Å². The Morgan fingerprint density at radius 1 is 1.09 bits per heavy atom. The predicted molar refractivity (Wildman–Crippen MR) is 178 cm³/mol. The van der Waals surface area contributed by atoms with Crippen LogP contribution < -0.4 is 15.5 Å². The number of aliphatic hydroxyl groups is 1. The predicted octanol–water partition coefficient (Wildman–Crippen LogP) is 4.23. The van der Waals surface area contributed by atoms with Gasteiger partial charge in [-0.2, -0.15) is 0 Å². The summed E-state index contributed by atoms with van der Waals surface area (Å²) in [5, 5.41) is 17.2. The molecule has 2 aliphatic heterocycles. The highest BCUT2D eigenvalue weighted by atomic mass is 35.5. The van der Waals surface area contributed by atoms with E-state index in [1.165, 1.54) is 6.08 Å². The number of amides is 2. The molecule has 234 valence electrons. The zero-order valence-electron chi connectivity index (χ0n) is 25.0. The molecular weight excluding hydrogens is 592 g/mol. The average Bonchev–Trinajstić information content (AvgIpc) is 3.50. The molecule has 11 nitrogen and oxygen atoms in total. The summed E-state index contributed by atoms with van der Waals surface area (Å²) in [6.07, 6.45) is 6.26. The third-order valence-electron chi connectivity index (χ3n) is 8.52. The van der Waals surface area contributed by atoms with Crippen molar-refractivity contribution in [3.8, 4) is 11.3 Å². The van der Waals surface area contributed by atoms with Crippen molar-refractivity contribution in [2.75, 3.05) is 68.0 Å². The Bertz CT molecular complexity index is 1690. The molecule has 0 aliphatic carbocycles. The van der Waals surface area contributed by atoms with Crippen molar-refractivity contribution in [3.63, 3.8) is 0 Å². The molecule has 6 rings (SSSR count). The van der Waals surface area contributed by atoms with Crippen LogP contribution in [-0.2, 0) is 4.79 Å². The number of aliphatic hydroxyl groups excluding tert-OH is 1. The Morgan fingerprint density at radius 3 is 2.62 bits per heavy atom. The number of nitrogens with zero attached hydrogens (tertiary/aromatic N) is 5. The number of carbonyl (C=O) groups is 2. The number of piperazine rings is 1. The second-order valence-corrected chi connectivity index (χ2v) is 11.7. The Balaban J connectivity index is 1.12. The van der Waals surface area contributed by atoms with Gasteiger partial charge in [-0.1, -0.05) is 36.4 Å². The minimum atomic E-state index is -0.304. The lowest BCUT2D eigenvalue weighted by molar-refractivity contribution is -0.111. The topological polar surface area (TPSA) is 130 Å². The minimum absolute atomic E-state index is 0.0421. The molecule has 0 unspecified atom stereocenters. The quantitative estimate of drug-likeness (QED) is 0.203. The highest BCUT2D eigenvalue weighted by molar-refractivity contribution is 6.33. The normalized spacial score (nSPS) is 16.1. The van der Waals surface area contributed by atoms with Gasteiger partial charge in [0.15, 0.2) is 0 Å². The van der Waals surface area contributed by atoms with Crippen molar-refractivity contribution < 1.29 is 14.7 Å². The van der Waals surface area contributed by atoms with E-state index in [1.807, 2.05) is 41.4 Å². The van der Waals surface area contributed by atoms with Crippen molar-refractivity contribution in [1.29, 1.82) is 0 Å². The first-order chi connectivity index (χ1) is 21.9. The zero-order valence-corrected chi connectivity index (χ0v) is 25.8. The fourth-order valence-electron chi connectivity index (χ4n) is 6.05. The average molecular weight is 629 g/mol. The van der Waals surface area contributed by atoms with Gasteiger partial charge in [0.05, 0.1) is 34.9 Å². The van der Waals surface area contributed by atoms with Crippen LogP contribution in [0.15, 0.2) is 67.5 Å². The summed E-state index contributed by atoms with van der Waals surface area (Å²) >= 11 is 6.51. The number of piperidine rings is 1. The van der Waals surface area contributed by atoms with Gasteiger partial charge in [0, 0.05) is 80.1 Å². The number of β-amino-alcohol motifs (C(OH)–C–C–N with tert-alkyl or cyclic N) is 1. The molecule has 12 heteroatoms. The number of halogens is 1. The van der Waals surface area contributed by atoms with Gasteiger partial charge in [-0.05, 0) is 43.2 Å². The molecule has 2 aliphatic rings. The number of likely N-dealkylation sites (tertiary alicyclic amines) is 1. The first-order valence-electron chi connectivity index (χ1n) is 15.2. The largest absolute Gasteiger partial charge is 0.395 e.